The van der Waals surface area contributed by atoms with Crippen LogP contribution in [0.5, 0.6) is 0 Å². The van der Waals surface area contributed by atoms with Crippen molar-refractivity contribution in [3.63, 3.8) is 0 Å². The van der Waals surface area contributed by atoms with Gasteiger partial charge >= 0.3 is 118 Å². The maximum Gasteiger partial charge on any atom is -1.00 e. The Hall–Kier alpha value is 0.501. The summed E-state index contributed by atoms with van der Waals surface area (Å²) in [6.45, 7) is 9.54. The zero-order valence-electron chi connectivity index (χ0n) is 12.2. The average molecular weight is 382 g/mol. The molecule has 2 rings (SSSR count). The number of allylic oxidation sites excluding steroid dienone is 4. The first-order valence-electron chi connectivity index (χ1n) is 6.07. The van der Waals surface area contributed by atoms with Crippen LogP contribution in [0.3, 0.4) is 0 Å². The van der Waals surface area contributed by atoms with Crippen molar-refractivity contribution >= 4 is 13.3 Å². The first kappa shape index (κ1) is 22.8. The fourth-order valence-electron chi connectivity index (χ4n) is 2.87. The second-order valence-corrected chi connectivity index (χ2v) is 12.0. The van der Waals surface area contributed by atoms with Gasteiger partial charge < -0.3 is 37.2 Å². The minimum Gasteiger partial charge on any atom is -1.00 e. The van der Waals surface area contributed by atoms with E-state index in [1.165, 1.54) is 11.1 Å². The van der Waals surface area contributed by atoms with Crippen LogP contribution in [0.1, 0.15) is 13.8 Å². The van der Waals surface area contributed by atoms with Crippen LogP contribution in [0.2, 0.25) is 16.4 Å². The molecule has 1 aliphatic rings. The maximum atomic E-state index is 2.49. The summed E-state index contributed by atoms with van der Waals surface area (Å²) < 4.78 is 0.272. The van der Waals surface area contributed by atoms with Crippen molar-refractivity contribution in [1.82, 2.24) is 0 Å². The molecule has 0 aromatic heterocycles. The normalized spacial score (nSPS) is 16.1. The fourth-order valence-corrected chi connectivity index (χ4v) is 7.40. The topological polar surface area (TPSA) is 0 Å². The van der Waals surface area contributed by atoms with Crippen LogP contribution in [0.25, 0.3) is 0 Å². The van der Waals surface area contributed by atoms with Crippen LogP contribution in [-0.4, -0.2) is 8.07 Å². The van der Waals surface area contributed by atoms with E-state index in [9.17, 15) is 0 Å². The number of hydrogen-bond acceptors (Lipinski definition) is 0. The molecule has 0 unspecified atom stereocenters. The van der Waals surface area contributed by atoms with Crippen molar-refractivity contribution < 1.29 is 57.7 Å². The van der Waals surface area contributed by atoms with Gasteiger partial charge in [-0.15, -0.1) is 0 Å². The summed E-state index contributed by atoms with van der Waals surface area (Å²) in [6.07, 6.45) is 4.60. The van der Waals surface area contributed by atoms with E-state index < -0.39 is 8.07 Å². The Morgan fingerprint density at radius 1 is 0.850 bits per heavy atom. The minimum absolute atomic E-state index is 0. The molecule has 0 saturated heterocycles. The molecule has 0 nitrogen and oxygen atoms in total. The SMILES string of the molecule is CC1=CC=C(C)[C]1([Ti+3])[Si](C)(C)c1ccccc1.[Cl-].[Cl-].[Cl-]. The van der Waals surface area contributed by atoms with E-state index in [4.69, 9.17) is 0 Å². The van der Waals surface area contributed by atoms with Gasteiger partial charge in [0.05, 0.1) is 0 Å². The molecule has 1 aromatic carbocycles. The molecule has 108 valence electrons. The summed E-state index contributed by atoms with van der Waals surface area (Å²) in [6, 6.07) is 11.0. The minimum atomic E-state index is -1.53. The van der Waals surface area contributed by atoms with E-state index in [0.717, 1.165) is 0 Å². The Bertz CT molecular complexity index is 477. The molecule has 0 spiro atoms. The van der Waals surface area contributed by atoms with Gasteiger partial charge in [-0.3, -0.25) is 0 Å². The summed E-state index contributed by atoms with van der Waals surface area (Å²) in [4.78, 5) is 0. The molecule has 5 heteroatoms. The number of benzene rings is 1. The molecule has 0 amide bonds. The largest absolute Gasteiger partial charge is 1.00 e. The molecule has 1 aliphatic carbocycles. The summed E-state index contributed by atoms with van der Waals surface area (Å²) in [7, 11) is -1.53. The number of halogens is 3. The quantitative estimate of drug-likeness (QED) is 0.449. The second kappa shape index (κ2) is 8.22. The third-order valence-electron chi connectivity index (χ3n) is 4.20. The van der Waals surface area contributed by atoms with Crippen molar-refractivity contribution in [2.45, 2.75) is 30.3 Å². The van der Waals surface area contributed by atoms with Crippen LogP contribution >= 0.6 is 0 Å². The van der Waals surface area contributed by atoms with Crippen molar-refractivity contribution in [2.75, 3.05) is 0 Å². The van der Waals surface area contributed by atoms with Crippen LogP contribution in [-0.2, 0) is 20.4 Å². The second-order valence-electron chi connectivity index (χ2n) is 5.44. The van der Waals surface area contributed by atoms with Gasteiger partial charge in [0.15, 0.2) is 0 Å². The molecule has 0 bridgehead atoms. The van der Waals surface area contributed by atoms with E-state index in [1.54, 1.807) is 5.19 Å². The molecular weight excluding hydrogens is 362 g/mol. The maximum absolute atomic E-state index is 2.49. The van der Waals surface area contributed by atoms with E-state index in [0.29, 0.717) is 0 Å². The summed E-state index contributed by atoms with van der Waals surface area (Å²) in [5.41, 5.74) is 3.05. The Morgan fingerprint density at radius 2 is 1.25 bits per heavy atom. The Labute approximate surface area is 154 Å². The van der Waals surface area contributed by atoms with Crippen molar-refractivity contribution in [3.8, 4) is 0 Å². The molecule has 0 N–H and O–H groups in total. The average Bonchev–Trinajstić information content (AvgIpc) is 2.59. The molecular formula is C15H19Cl3SiTi. The van der Waals surface area contributed by atoms with Gasteiger partial charge in [-0.1, -0.05) is 0 Å². The first-order chi connectivity index (χ1) is 7.90. The van der Waals surface area contributed by atoms with Gasteiger partial charge in [-0.05, 0) is 0 Å². The Morgan fingerprint density at radius 3 is 1.65 bits per heavy atom. The van der Waals surface area contributed by atoms with Crippen molar-refractivity contribution in [1.29, 1.82) is 0 Å². The Balaban J connectivity index is 0. The summed E-state index contributed by atoms with van der Waals surface area (Å²) in [5.74, 6) is 0. The molecule has 0 saturated carbocycles. The van der Waals surface area contributed by atoms with E-state index in [2.05, 4.69) is 89.9 Å². The van der Waals surface area contributed by atoms with Gasteiger partial charge in [0.1, 0.15) is 0 Å². The van der Waals surface area contributed by atoms with Gasteiger partial charge in [0.25, 0.3) is 0 Å². The molecule has 0 radical (unpaired) electrons. The van der Waals surface area contributed by atoms with Gasteiger partial charge in [0.2, 0.25) is 0 Å². The third-order valence-corrected chi connectivity index (χ3v) is 12.8. The summed E-state index contributed by atoms with van der Waals surface area (Å²) in [5, 5.41) is 1.55. The van der Waals surface area contributed by atoms with Gasteiger partial charge in [-0.2, -0.15) is 0 Å². The standard InChI is InChI=1S/C15H19Si.3ClH.Ti/c1-12-10-11-13(2)15(12)16(3,4)14-8-6-5-7-9-14;;;;/h5-11H,1-4H3;3*1H;/q;;;;+3/p-3. The van der Waals surface area contributed by atoms with Crippen molar-refractivity contribution in [2.24, 2.45) is 0 Å². The van der Waals surface area contributed by atoms with Crippen LogP contribution in [0, 0.1) is 0 Å². The van der Waals surface area contributed by atoms with E-state index in [-0.39, 0.29) is 40.6 Å². The van der Waals surface area contributed by atoms with Crippen LogP contribution in [0.4, 0.5) is 0 Å². The molecule has 0 heterocycles. The Kier molecular flexibility index (Phi) is 9.36. The molecule has 0 fully saturated rings. The predicted molar refractivity (Wildman–Crippen MR) is 73.8 cm³/mol. The van der Waals surface area contributed by atoms with Crippen LogP contribution < -0.4 is 42.4 Å². The summed E-state index contributed by atoms with van der Waals surface area (Å²) >= 11 is 2.43. The van der Waals surface area contributed by atoms with Gasteiger partial charge in [-0.25, -0.2) is 0 Å². The monoisotopic (exact) mass is 380 g/mol. The fraction of sp³-hybridized carbons (Fsp3) is 0.333. The van der Waals surface area contributed by atoms with E-state index in [1.807, 2.05) is 0 Å². The smallest absolute Gasteiger partial charge is 1.00 e. The number of hydrogen-bond donors (Lipinski definition) is 0. The molecule has 20 heavy (non-hydrogen) atoms. The zero-order valence-corrected chi connectivity index (χ0v) is 17.0. The van der Waals surface area contributed by atoms with E-state index >= 15 is 0 Å². The van der Waals surface area contributed by atoms with Crippen LogP contribution in [0.15, 0.2) is 53.6 Å². The first-order valence-corrected chi connectivity index (χ1v) is 9.85. The van der Waals surface area contributed by atoms with Gasteiger partial charge in [0, 0.05) is 0 Å². The zero-order chi connectivity index (χ0) is 12.7. The third kappa shape index (κ3) is 3.45. The number of rotatable bonds is 2. The molecule has 0 aliphatic heterocycles. The van der Waals surface area contributed by atoms with Crippen molar-refractivity contribution in [3.05, 3.63) is 53.6 Å². The molecule has 0 atom stereocenters. The predicted octanol–water partition coefficient (Wildman–Crippen LogP) is -5.24. The molecule has 1 aromatic rings.